The van der Waals surface area contributed by atoms with Gasteiger partial charge >= 0.3 is 5.97 Å². The van der Waals surface area contributed by atoms with E-state index in [2.05, 4.69) is 15.3 Å². The number of hydrogen-bond acceptors (Lipinski definition) is 5. The molecule has 0 radical (unpaired) electrons. The summed E-state index contributed by atoms with van der Waals surface area (Å²) >= 11 is 7.33. The highest BCUT2D eigenvalue weighted by molar-refractivity contribution is 7.18. The van der Waals surface area contributed by atoms with Gasteiger partial charge in [-0.25, -0.2) is 14.8 Å². The highest BCUT2D eigenvalue weighted by Crippen LogP contribution is 2.30. The maximum Gasteiger partial charge on any atom is 0.328 e. The molecule has 0 aromatic carbocycles. The van der Waals surface area contributed by atoms with Crippen molar-refractivity contribution in [2.24, 2.45) is 0 Å². The van der Waals surface area contributed by atoms with E-state index < -0.39 is 11.5 Å². The third-order valence-electron chi connectivity index (χ3n) is 2.45. The third-order valence-corrected chi connectivity index (χ3v) is 3.57. The molecule has 5 nitrogen and oxygen atoms in total. The van der Waals surface area contributed by atoms with Crippen molar-refractivity contribution in [2.45, 2.75) is 26.3 Å². The van der Waals surface area contributed by atoms with Gasteiger partial charge in [0.2, 0.25) is 5.28 Å². The van der Waals surface area contributed by atoms with Gasteiger partial charge in [0.05, 0.1) is 5.39 Å². The average Bonchev–Trinajstić information content (AvgIpc) is 2.57. The smallest absolute Gasteiger partial charge is 0.328 e. The molecule has 7 heteroatoms. The SMILES string of the molecule is Cc1cc2c(NC(C)(C)C(=O)O)nc(Cl)nc2s1. The van der Waals surface area contributed by atoms with Gasteiger partial charge in [-0.3, -0.25) is 0 Å². The number of carboxylic acid groups (broad SMARTS) is 1. The molecule has 2 aromatic rings. The first-order chi connectivity index (χ1) is 8.29. The monoisotopic (exact) mass is 285 g/mol. The summed E-state index contributed by atoms with van der Waals surface area (Å²) in [6.07, 6.45) is 0. The lowest BCUT2D eigenvalue weighted by Gasteiger charge is -2.22. The molecule has 0 unspecified atom stereocenters. The van der Waals surface area contributed by atoms with Gasteiger partial charge in [0, 0.05) is 4.88 Å². The van der Waals surface area contributed by atoms with Crippen LogP contribution in [-0.2, 0) is 4.79 Å². The maximum absolute atomic E-state index is 11.1. The van der Waals surface area contributed by atoms with E-state index in [9.17, 15) is 4.79 Å². The van der Waals surface area contributed by atoms with E-state index in [0.717, 1.165) is 15.1 Å². The van der Waals surface area contributed by atoms with Crippen LogP contribution in [0.2, 0.25) is 5.28 Å². The number of nitrogens with one attached hydrogen (secondary N) is 1. The Hall–Kier alpha value is -1.40. The zero-order valence-corrected chi connectivity index (χ0v) is 11.7. The van der Waals surface area contributed by atoms with Gasteiger partial charge in [0.25, 0.3) is 0 Å². The number of rotatable bonds is 3. The lowest BCUT2D eigenvalue weighted by molar-refractivity contribution is -0.141. The molecular formula is C11H12ClN3O2S. The summed E-state index contributed by atoms with van der Waals surface area (Å²) in [5.41, 5.74) is -1.12. The Morgan fingerprint density at radius 1 is 1.50 bits per heavy atom. The molecule has 0 spiro atoms. The maximum atomic E-state index is 11.1. The second-order valence-corrected chi connectivity index (χ2v) is 6.05. The molecule has 0 bridgehead atoms. The van der Waals surface area contributed by atoms with E-state index >= 15 is 0 Å². The topological polar surface area (TPSA) is 75.1 Å². The number of halogens is 1. The first-order valence-electron chi connectivity index (χ1n) is 5.25. The summed E-state index contributed by atoms with van der Waals surface area (Å²) in [4.78, 5) is 21.1. The quantitative estimate of drug-likeness (QED) is 0.848. The van der Waals surface area contributed by atoms with Crippen LogP contribution in [-0.4, -0.2) is 26.6 Å². The molecule has 0 fully saturated rings. The summed E-state index contributed by atoms with van der Waals surface area (Å²) in [5, 5.41) is 12.9. The average molecular weight is 286 g/mol. The molecular weight excluding hydrogens is 274 g/mol. The van der Waals surface area contributed by atoms with Crippen LogP contribution in [0, 0.1) is 6.92 Å². The highest BCUT2D eigenvalue weighted by atomic mass is 35.5. The van der Waals surface area contributed by atoms with Crippen LogP contribution < -0.4 is 5.32 Å². The van der Waals surface area contributed by atoms with Crippen molar-refractivity contribution in [2.75, 3.05) is 5.32 Å². The predicted octanol–water partition coefficient (Wildman–Crippen LogP) is 2.93. The molecule has 0 atom stereocenters. The van der Waals surface area contributed by atoms with E-state index in [1.54, 1.807) is 13.8 Å². The molecule has 2 N–H and O–H groups in total. The van der Waals surface area contributed by atoms with Gasteiger partial charge in [0.1, 0.15) is 16.2 Å². The Morgan fingerprint density at radius 3 is 2.78 bits per heavy atom. The molecule has 18 heavy (non-hydrogen) atoms. The number of aliphatic carboxylic acids is 1. The lowest BCUT2D eigenvalue weighted by Crippen LogP contribution is -2.40. The molecule has 2 heterocycles. The minimum atomic E-state index is -1.12. The number of aryl methyl sites for hydroxylation is 1. The van der Waals surface area contributed by atoms with Gasteiger partial charge in [0.15, 0.2) is 0 Å². The Bertz CT molecular complexity index is 624. The Labute approximate surface area is 113 Å². The molecule has 0 saturated heterocycles. The normalized spacial score (nSPS) is 11.8. The van der Waals surface area contributed by atoms with Gasteiger partial charge < -0.3 is 10.4 Å². The van der Waals surface area contributed by atoms with Crippen molar-refractivity contribution in [1.29, 1.82) is 0 Å². The summed E-state index contributed by atoms with van der Waals surface area (Å²) in [6.45, 7) is 5.08. The summed E-state index contributed by atoms with van der Waals surface area (Å²) in [6, 6.07) is 1.91. The van der Waals surface area contributed by atoms with Crippen LogP contribution in [0.4, 0.5) is 5.82 Å². The number of aromatic nitrogens is 2. The largest absolute Gasteiger partial charge is 0.480 e. The van der Waals surface area contributed by atoms with Crippen molar-refractivity contribution in [3.63, 3.8) is 0 Å². The van der Waals surface area contributed by atoms with Crippen LogP contribution >= 0.6 is 22.9 Å². The highest BCUT2D eigenvalue weighted by Gasteiger charge is 2.28. The third kappa shape index (κ3) is 2.39. The summed E-state index contributed by atoms with van der Waals surface area (Å²) in [5.74, 6) is -0.515. The zero-order valence-electron chi connectivity index (χ0n) is 10.1. The van der Waals surface area contributed by atoms with Crippen molar-refractivity contribution < 1.29 is 9.90 Å². The van der Waals surface area contributed by atoms with E-state index in [1.807, 2.05) is 13.0 Å². The lowest BCUT2D eigenvalue weighted by atomic mass is 10.1. The number of carboxylic acids is 1. The molecule has 96 valence electrons. The second kappa shape index (κ2) is 4.37. The van der Waals surface area contributed by atoms with Gasteiger partial charge in [-0.1, -0.05) is 0 Å². The minimum absolute atomic E-state index is 0.105. The van der Waals surface area contributed by atoms with E-state index in [0.29, 0.717) is 5.82 Å². The van der Waals surface area contributed by atoms with Crippen molar-refractivity contribution in [1.82, 2.24) is 9.97 Å². The number of hydrogen-bond donors (Lipinski definition) is 2. The molecule has 0 aliphatic heterocycles. The fourth-order valence-corrected chi connectivity index (χ4v) is 2.56. The first-order valence-corrected chi connectivity index (χ1v) is 6.44. The van der Waals surface area contributed by atoms with Crippen molar-refractivity contribution in [3.05, 3.63) is 16.2 Å². The molecule has 2 aromatic heterocycles. The van der Waals surface area contributed by atoms with Gasteiger partial charge in [-0.15, -0.1) is 11.3 Å². The number of carbonyl (C=O) groups is 1. The van der Waals surface area contributed by atoms with Crippen molar-refractivity contribution in [3.8, 4) is 0 Å². The molecule has 0 amide bonds. The summed E-state index contributed by atoms with van der Waals surface area (Å²) < 4.78 is 0. The van der Waals surface area contributed by atoms with E-state index in [-0.39, 0.29) is 5.28 Å². The second-order valence-electron chi connectivity index (χ2n) is 4.47. The van der Waals surface area contributed by atoms with E-state index in [1.165, 1.54) is 11.3 Å². The number of thiophene rings is 1. The first kappa shape index (κ1) is 13.0. The van der Waals surface area contributed by atoms with Crippen molar-refractivity contribution >= 4 is 44.9 Å². The van der Waals surface area contributed by atoms with Gasteiger partial charge in [-0.05, 0) is 38.4 Å². The molecule has 0 saturated carbocycles. The summed E-state index contributed by atoms with van der Waals surface area (Å²) in [7, 11) is 0. The number of fused-ring (bicyclic) bond motifs is 1. The number of anilines is 1. The molecule has 0 aliphatic carbocycles. The molecule has 0 aliphatic rings. The fourth-order valence-electron chi connectivity index (χ4n) is 1.46. The fraction of sp³-hybridized carbons (Fsp3) is 0.364. The van der Waals surface area contributed by atoms with Crippen LogP contribution in [0.25, 0.3) is 10.2 Å². The van der Waals surface area contributed by atoms with E-state index in [4.69, 9.17) is 16.7 Å². The standard InChI is InChI=1S/C11H12ClN3O2S/c1-5-4-6-7(15-11(2,3)9(16)17)13-10(12)14-8(6)18-5/h4H,1-3H3,(H,16,17)(H,13,14,15). The zero-order chi connectivity index (χ0) is 13.5. The molecule has 2 rings (SSSR count). The van der Waals surface area contributed by atoms with Crippen LogP contribution in [0.3, 0.4) is 0 Å². The minimum Gasteiger partial charge on any atom is -0.480 e. The Kier molecular flexibility index (Phi) is 3.16. The van der Waals surface area contributed by atoms with Crippen LogP contribution in [0.15, 0.2) is 6.07 Å². The number of nitrogens with zero attached hydrogens (tertiary/aromatic N) is 2. The predicted molar refractivity (Wildman–Crippen MR) is 72.5 cm³/mol. The van der Waals surface area contributed by atoms with Crippen LogP contribution in [0.1, 0.15) is 18.7 Å². The van der Waals surface area contributed by atoms with Gasteiger partial charge in [-0.2, -0.15) is 0 Å². The Balaban J connectivity index is 2.53. The Morgan fingerprint density at radius 2 is 2.17 bits per heavy atom. The van der Waals surface area contributed by atoms with Crippen LogP contribution in [0.5, 0.6) is 0 Å².